The summed E-state index contributed by atoms with van der Waals surface area (Å²) in [5, 5.41) is 5.07. The fourth-order valence-electron chi connectivity index (χ4n) is 3.58. The average Bonchev–Trinajstić information content (AvgIpc) is 3.40. The number of ether oxygens (including phenoxy) is 2. The van der Waals surface area contributed by atoms with E-state index in [1.807, 2.05) is 41.8 Å². The second-order valence-electron chi connectivity index (χ2n) is 7.61. The fraction of sp³-hybridized carbons (Fsp3) is 0.200. The predicted octanol–water partition coefficient (Wildman–Crippen LogP) is 5.29. The maximum atomic E-state index is 13.5. The molecule has 164 valence electrons. The van der Waals surface area contributed by atoms with Gasteiger partial charge in [-0.3, -0.25) is 9.59 Å². The van der Waals surface area contributed by atoms with Gasteiger partial charge in [0.15, 0.2) is 0 Å². The van der Waals surface area contributed by atoms with Crippen LogP contribution in [0.3, 0.4) is 0 Å². The van der Waals surface area contributed by atoms with Gasteiger partial charge < -0.3 is 14.8 Å². The molecular formula is C25H24N2O4S. The highest BCUT2D eigenvalue weighted by Gasteiger charge is 2.42. The van der Waals surface area contributed by atoms with Crippen molar-refractivity contribution >= 4 is 40.1 Å². The van der Waals surface area contributed by atoms with Crippen molar-refractivity contribution in [2.45, 2.75) is 19.8 Å². The van der Waals surface area contributed by atoms with Gasteiger partial charge in [-0.2, -0.15) is 0 Å². The van der Waals surface area contributed by atoms with E-state index in [0.29, 0.717) is 28.7 Å². The number of thiophene rings is 1. The molecular weight excluding hydrogens is 424 g/mol. The molecule has 2 aromatic carbocycles. The number of hydrogen-bond acceptors (Lipinski definition) is 6. The average molecular weight is 449 g/mol. The normalized spacial score (nSPS) is 13.8. The van der Waals surface area contributed by atoms with Gasteiger partial charge in [0.25, 0.3) is 11.8 Å². The number of methoxy groups -OCH3 is 2. The predicted molar refractivity (Wildman–Crippen MR) is 127 cm³/mol. The molecule has 3 aromatic rings. The monoisotopic (exact) mass is 448 g/mol. The summed E-state index contributed by atoms with van der Waals surface area (Å²) < 4.78 is 10.7. The van der Waals surface area contributed by atoms with E-state index in [-0.39, 0.29) is 5.70 Å². The third-order valence-electron chi connectivity index (χ3n) is 5.33. The zero-order valence-corrected chi connectivity index (χ0v) is 19.2. The summed E-state index contributed by atoms with van der Waals surface area (Å²) in [7, 11) is 3.04. The number of amides is 2. The maximum Gasteiger partial charge on any atom is 0.282 e. The van der Waals surface area contributed by atoms with E-state index in [1.54, 1.807) is 25.3 Å². The van der Waals surface area contributed by atoms with Crippen LogP contribution in [0.5, 0.6) is 11.5 Å². The minimum Gasteiger partial charge on any atom is -0.497 e. The minimum atomic E-state index is -0.435. The van der Waals surface area contributed by atoms with Crippen molar-refractivity contribution in [1.29, 1.82) is 0 Å². The third kappa shape index (κ3) is 3.87. The van der Waals surface area contributed by atoms with E-state index in [9.17, 15) is 9.59 Å². The van der Waals surface area contributed by atoms with E-state index < -0.39 is 11.8 Å². The first-order valence-electron chi connectivity index (χ1n) is 10.2. The van der Waals surface area contributed by atoms with Crippen LogP contribution in [-0.2, 0) is 9.59 Å². The zero-order chi connectivity index (χ0) is 22.8. The topological polar surface area (TPSA) is 67.9 Å². The SMILES string of the molecule is COc1ccc(N2C(=O)C(Nc3ccc(C(C)C)cc3)=C(c3cccs3)C2=O)c(OC)c1. The van der Waals surface area contributed by atoms with E-state index >= 15 is 0 Å². The summed E-state index contributed by atoms with van der Waals surface area (Å²) in [6, 6.07) is 16.6. The number of carbonyl (C=O) groups excluding carboxylic acids is 2. The number of nitrogens with zero attached hydrogens (tertiary/aromatic N) is 1. The summed E-state index contributed by atoms with van der Waals surface area (Å²) >= 11 is 1.41. The Bertz CT molecular complexity index is 1180. The highest BCUT2D eigenvalue weighted by molar-refractivity contribution is 7.11. The van der Waals surface area contributed by atoms with E-state index in [0.717, 1.165) is 15.5 Å². The Morgan fingerprint density at radius 3 is 2.28 bits per heavy atom. The number of nitrogens with one attached hydrogen (secondary N) is 1. The maximum absolute atomic E-state index is 13.5. The first kappa shape index (κ1) is 21.6. The van der Waals surface area contributed by atoms with Crippen LogP contribution in [0.15, 0.2) is 65.7 Å². The van der Waals surface area contributed by atoms with E-state index in [2.05, 4.69) is 19.2 Å². The van der Waals surface area contributed by atoms with Gasteiger partial charge in [-0.05, 0) is 47.2 Å². The lowest BCUT2D eigenvalue weighted by Crippen LogP contribution is -2.32. The van der Waals surface area contributed by atoms with Crippen molar-refractivity contribution in [1.82, 2.24) is 0 Å². The largest absolute Gasteiger partial charge is 0.497 e. The summed E-state index contributed by atoms with van der Waals surface area (Å²) in [5.74, 6) is 0.508. The Kier molecular flexibility index (Phi) is 6.01. The lowest BCUT2D eigenvalue weighted by molar-refractivity contribution is -0.120. The molecule has 4 rings (SSSR count). The van der Waals surface area contributed by atoms with Crippen molar-refractivity contribution in [3.63, 3.8) is 0 Å². The van der Waals surface area contributed by atoms with Gasteiger partial charge in [0.2, 0.25) is 0 Å². The van der Waals surface area contributed by atoms with Crippen LogP contribution in [0.1, 0.15) is 30.2 Å². The number of carbonyl (C=O) groups is 2. The summed E-state index contributed by atoms with van der Waals surface area (Å²) in [6.45, 7) is 4.25. The van der Waals surface area contributed by atoms with Crippen LogP contribution < -0.4 is 19.7 Å². The molecule has 1 N–H and O–H groups in total. The van der Waals surface area contributed by atoms with Crippen molar-refractivity contribution in [2.24, 2.45) is 0 Å². The van der Waals surface area contributed by atoms with Gasteiger partial charge in [0.1, 0.15) is 17.2 Å². The zero-order valence-electron chi connectivity index (χ0n) is 18.3. The number of hydrogen-bond donors (Lipinski definition) is 1. The molecule has 0 atom stereocenters. The Hall–Kier alpha value is -3.58. The highest BCUT2D eigenvalue weighted by atomic mass is 32.1. The Labute approximate surface area is 191 Å². The lowest BCUT2D eigenvalue weighted by atomic mass is 10.0. The van der Waals surface area contributed by atoms with E-state index in [4.69, 9.17) is 9.47 Å². The van der Waals surface area contributed by atoms with Gasteiger partial charge in [-0.15, -0.1) is 11.3 Å². The van der Waals surface area contributed by atoms with Gasteiger partial charge in [0, 0.05) is 16.6 Å². The first-order valence-corrected chi connectivity index (χ1v) is 11.1. The van der Waals surface area contributed by atoms with Crippen LogP contribution in [0.25, 0.3) is 5.57 Å². The summed E-state index contributed by atoms with van der Waals surface area (Å²) in [4.78, 5) is 28.9. The van der Waals surface area contributed by atoms with Crippen LogP contribution in [-0.4, -0.2) is 26.0 Å². The Balaban J connectivity index is 1.76. The smallest absolute Gasteiger partial charge is 0.282 e. The molecule has 0 saturated heterocycles. The molecule has 0 bridgehead atoms. The van der Waals surface area contributed by atoms with Gasteiger partial charge in [-0.25, -0.2) is 4.90 Å². The van der Waals surface area contributed by atoms with Gasteiger partial charge >= 0.3 is 0 Å². The second kappa shape index (κ2) is 8.88. The number of benzene rings is 2. The molecule has 0 fully saturated rings. The molecule has 2 heterocycles. The molecule has 6 nitrogen and oxygen atoms in total. The van der Waals surface area contributed by atoms with Crippen molar-refractivity contribution in [3.8, 4) is 11.5 Å². The van der Waals surface area contributed by atoms with Crippen molar-refractivity contribution in [3.05, 3.63) is 76.1 Å². The quantitative estimate of drug-likeness (QED) is 0.498. The molecule has 2 amide bonds. The number of rotatable bonds is 7. The molecule has 1 aliphatic heterocycles. The standard InChI is InChI=1S/C25H24N2O4S/c1-15(2)16-7-9-17(10-8-16)26-23-22(21-6-5-13-32-21)24(28)27(25(23)29)19-12-11-18(30-3)14-20(19)31-4/h5-15,26H,1-4H3. The summed E-state index contributed by atoms with van der Waals surface area (Å²) in [6.07, 6.45) is 0. The molecule has 1 aliphatic rings. The van der Waals surface area contributed by atoms with Crippen LogP contribution in [0.4, 0.5) is 11.4 Å². The molecule has 1 aromatic heterocycles. The molecule has 0 radical (unpaired) electrons. The van der Waals surface area contributed by atoms with Crippen molar-refractivity contribution in [2.75, 3.05) is 24.4 Å². The van der Waals surface area contributed by atoms with E-state index in [1.165, 1.54) is 24.0 Å². The van der Waals surface area contributed by atoms with Gasteiger partial charge in [-0.1, -0.05) is 32.0 Å². The molecule has 0 unspecified atom stereocenters. The molecule has 32 heavy (non-hydrogen) atoms. The molecule has 0 aliphatic carbocycles. The Morgan fingerprint density at radius 1 is 0.938 bits per heavy atom. The van der Waals surface area contributed by atoms with Crippen LogP contribution in [0.2, 0.25) is 0 Å². The van der Waals surface area contributed by atoms with Crippen molar-refractivity contribution < 1.29 is 19.1 Å². The minimum absolute atomic E-state index is 0.243. The third-order valence-corrected chi connectivity index (χ3v) is 6.21. The number of anilines is 2. The second-order valence-corrected chi connectivity index (χ2v) is 8.56. The van der Waals surface area contributed by atoms with Crippen LogP contribution in [0, 0.1) is 0 Å². The van der Waals surface area contributed by atoms with Gasteiger partial charge in [0.05, 0.1) is 25.5 Å². The number of imide groups is 1. The molecule has 0 saturated carbocycles. The Morgan fingerprint density at radius 2 is 1.69 bits per heavy atom. The first-order chi connectivity index (χ1) is 15.4. The highest BCUT2D eigenvalue weighted by Crippen LogP contribution is 2.40. The van der Waals surface area contributed by atoms with Crippen LogP contribution >= 0.6 is 11.3 Å². The molecule has 7 heteroatoms. The summed E-state index contributed by atoms with van der Waals surface area (Å²) in [5.41, 5.74) is 2.89. The fourth-order valence-corrected chi connectivity index (χ4v) is 4.35. The molecule has 0 spiro atoms. The lowest BCUT2D eigenvalue weighted by Gasteiger charge is -2.19.